The number of hydrogen-bond donors (Lipinski definition) is 1. The molecule has 0 aromatic rings. The van der Waals surface area contributed by atoms with Crippen LogP contribution in [0.15, 0.2) is 0 Å². The second-order valence-electron chi connectivity index (χ2n) is 4.54. The zero-order valence-electron chi connectivity index (χ0n) is 10.7. The summed E-state index contributed by atoms with van der Waals surface area (Å²) in [4.78, 5) is 0. The van der Waals surface area contributed by atoms with Gasteiger partial charge in [0.05, 0.1) is 13.1 Å². The van der Waals surface area contributed by atoms with Crippen molar-refractivity contribution in [2.45, 2.75) is 57.1 Å². The number of quaternary nitrogens is 1. The van der Waals surface area contributed by atoms with E-state index in [1.807, 2.05) is 6.92 Å². The molecule has 0 bridgehead atoms. The molecular weight excluding hydrogens is 301 g/mol. The van der Waals surface area contributed by atoms with Crippen LogP contribution in [0, 0.1) is 0 Å². The Morgan fingerprint density at radius 3 is 1.87 bits per heavy atom. The van der Waals surface area contributed by atoms with Crippen LogP contribution in [0.25, 0.3) is 0 Å². The molecule has 0 rings (SSSR count). The van der Waals surface area contributed by atoms with Crippen LogP contribution in [-0.2, 0) is 0 Å². The van der Waals surface area contributed by atoms with Crippen molar-refractivity contribution in [3.63, 3.8) is 0 Å². The molecule has 0 aliphatic rings. The lowest BCUT2D eigenvalue weighted by atomic mass is 10.2. The monoisotopic (exact) mass is 328 g/mol. The first-order valence-corrected chi connectivity index (χ1v) is 7.44. The van der Waals surface area contributed by atoms with Crippen molar-refractivity contribution in [2.24, 2.45) is 0 Å². The summed E-state index contributed by atoms with van der Waals surface area (Å²) in [6, 6.07) is 0. The van der Waals surface area contributed by atoms with Gasteiger partial charge in [0.2, 0.25) is 0 Å². The highest BCUT2D eigenvalue weighted by Gasteiger charge is 2.33. The van der Waals surface area contributed by atoms with Crippen molar-refractivity contribution in [1.29, 1.82) is 0 Å². The molecule has 0 amide bonds. The number of halogens is 1. The Morgan fingerprint density at radius 1 is 1.13 bits per heavy atom. The minimum absolute atomic E-state index is 0.188. The molecule has 3 heteroatoms. The number of aliphatic hydroxyl groups excluding tert-OH is 1. The zero-order chi connectivity index (χ0) is 11.9. The van der Waals surface area contributed by atoms with Gasteiger partial charge in [-0.05, 0) is 42.4 Å². The topological polar surface area (TPSA) is 20.2 Å². The molecule has 0 heterocycles. The molecule has 2 nitrogen and oxygen atoms in total. The lowest BCUT2D eigenvalue weighted by Gasteiger charge is -2.43. The van der Waals surface area contributed by atoms with Crippen LogP contribution < -0.4 is 0 Å². The molecule has 0 saturated heterocycles. The number of hydrogen-bond acceptors (Lipinski definition) is 1. The third kappa shape index (κ3) is 5.00. The van der Waals surface area contributed by atoms with Gasteiger partial charge in [0.25, 0.3) is 0 Å². The summed E-state index contributed by atoms with van der Waals surface area (Å²) in [5.41, 5.74) is 0. The van der Waals surface area contributed by atoms with Crippen LogP contribution in [-0.4, -0.2) is 39.4 Å². The fourth-order valence-corrected chi connectivity index (χ4v) is 3.28. The van der Waals surface area contributed by atoms with Gasteiger partial charge in [-0.2, -0.15) is 0 Å². The predicted molar refractivity (Wildman–Crippen MR) is 75.2 cm³/mol. The molecule has 15 heavy (non-hydrogen) atoms. The van der Waals surface area contributed by atoms with E-state index in [4.69, 9.17) is 0 Å². The number of alkyl halides is 1. The van der Waals surface area contributed by atoms with Gasteiger partial charge < -0.3 is 9.59 Å². The SMILES string of the molecule is CCC[N+](CCC)(CC(C)O)C(I)CC. The molecule has 0 aromatic carbocycles. The highest BCUT2D eigenvalue weighted by Crippen LogP contribution is 2.24. The van der Waals surface area contributed by atoms with Gasteiger partial charge in [-0.25, -0.2) is 0 Å². The summed E-state index contributed by atoms with van der Waals surface area (Å²) in [5.74, 6) is 0. The lowest BCUT2D eigenvalue weighted by molar-refractivity contribution is -0.936. The first-order chi connectivity index (χ1) is 7.02. The predicted octanol–water partition coefficient (Wildman–Crippen LogP) is 3.18. The van der Waals surface area contributed by atoms with E-state index in [-0.39, 0.29) is 6.10 Å². The van der Waals surface area contributed by atoms with E-state index in [2.05, 4.69) is 43.4 Å². The van der Waals surface area contributed by atoms with Gasteiger partial charge in [0, 0.05) is 6.42 Å². The van der Waals surface area contributed by atoms with Crippen LogP contribution in [0.2, 0.25) is 0 Å². The van der Waals surface area contributed by atoms with Crippen molar-refractivity contribution in [3.8, 4) is 0 Å². The van der Waals surface area contributed by atoms with Crippen LogP contribution in [0.1, 0.15) is 47.0 Å². The lowest BCUT2D eigenvalue weighted by Crippen LogP contribution is -2.56. The third-order valence-corrected chi connectivity index (χ3v) is 4.96. The van der Waals surface area contributed by atoms with Crippen LogP contribution >= 0.6 is 22.6 Å². The Morgan fingerprint density at radius 2 is 1.60 bits per heavy atom. The molecule has 0 spiro atoms. The van der Waals surface area contributed by atoms with E-state index in [1.54, 1.807) is 0 Å². The number of aliphatic hydroxyl groups is 1. The van der Waals surface area contributed by atoms with E-state index >= 15 is 0 Å². The second-order valence-corrected chi connectivity index (χ2v) is 5.98. The molecular formula is C12H27INO+. The fourth-order valence-electron chi connectivity index (χ4n) is 2.49. The Hall–Kier alpha value is 0.650. The Labute approximate surface area is 109 Å². The smallest absolute Gasteiger partial charge is 0.139 e. The zero-order valence-corrected chi connectivity index (χ0v) is 12.8. The molecule has 2 unspecified atom stereocenters. The standard InChI is InChI=1S/C12H27INO/c1-5-8-14(9-6-2,10-11(4)15)12(13)7-3/h11-12,15H,5-10H2,1-4H3/q+1. The summed E-state index contributed by atoms with van der Waals surface area (Å²) in [6.45, 7) is 11.9. The molecule has 0 saturated carbocycles. The number of rotatable bonds is 8. The Bertz CT molecular complexity index is 156. The van der Waals surface area contributed by atoms with E-state index in [9.17, 15) is 5.11 Å². The second kappa shape index (κ2) is 7.85. The summed E-state index contributed by atoms with van der Waals surface area (Å²) in [6.07, 6.45) is 3.40. The van der Waals surface area contributed by atoms with Gasteiger partial charge in [0.1, 0.15) is 16.7 Å². The van der Waals surface area contributed by atoms with E-state index < -0.39 is 0 Å². The summed E-state index contributed by atoms with van der Waals surface area (Å²) in [5, 5.41) is 9.67. The number of nitrogens with zero attached hydrogens (tertiary/aromatic N) is 1. The summed E-state index contributed by atoms with van der Waals surface area (Å²) < 4.78 is 1.72. The van der Waals surface area contributed by atoms with E-state index in [1.165, 1.54) is 32.4 Å². The molecule has 0 aromatic heterocycles. The minimum Gasteiger partial charge on any atom is -0.388 e. The van der Waals surface area contributed by atoms with E-state index in [0.29, 0.717) is 4.05 Å². The van der Waals surface area contributed by atoms with Crippen LogP contribution in [0.4, 0.5) is 0 Å². The maximum atomic E-state index is 9.67. The van der Waals surface area contributed by atoms with Crippen molar-refractivity contribution >= 4 is 22.6 Å². The van der Waals surface area contributed by atoms with E-state index in [0.717, 1.165) is 11.0 Å². The highest BCUT2D eigenvalue weighted by molar-refractivity contribution is 14.1. The first-order valence-electron chi connectivity index (χ1n) is 6.20. The van der Waals surface area contributed by atoms with Crippen LogP contribution in [0.3, 0.4) is 0 Å². The quantitative estimate of drug-likeness (QED) is 0.314. The molecule has 0 aliphatic carbocycles. The van der Waals surface area contributed by atoms with Gasteiger partial charge >= 0.3 is 0 Å². The molecule has 1 N–H and O–H groups in total. The largest absolute Gasteiger partial charge is 0.388 e. The van der Waals surface area contributed by atoms with Crippen molar-refractivity contribution in [3.05, 3.63) is 0 Å². The van der Waals surface area contributed by atoms with Gasteiger partial charge in [0.15, 0.2) is 0 Å². The van der Waals surface area contributed by atoms with Gasteiger partial charge in [-0.15, -0.1) is 0 Å². The first kappa shape index (κ1) is 15.7. The molecule has 2 atom stereocenters. The Kier molecular flexibility index (Phi) is 8.19. The van der Waals surface area contributed by atoms with Gasteiger partial charge in [-0.3, -0.25) is 0 Å². The average Bonchev–Trinajstić information content (AvgIpc) is 2.16. The Balaban J connectivity index is 4.70. The van der Waals surface area contributed by atoms with Crippen LogP contribution in [0.5, 0.6) is 0 Å². The molecule has 0 fully saturated rings. The van der Waals surface area contributed by atoms with Gasteiger partial charge in [-0.1, -0.05) is 20.8 Å². The van der Waals surface area contributed by atoms with Crippen molar-refractivity contribution in [2.75, 3.05) is 19.6 Å². The summed E-state index contributed by atoms with van der Waals surface area (Å²) in [7, 11) is 0. The minimum atomic E-state index is -0.188. The maximum absolute atomic E-state index is 9.67. The molecule has 0 radical (unpaired) electrons. The maximum Gasteiger partial charge on any atom is 0.139 e. The van der Waals surface area contributed by atoms with Crippen molar-refractivity contribution in [1.82, 2.24) is 0 Å². The highest BCUT2D eigenvalue weighted by atomic mass is 127. The summed E-state index contributed by atoms with van der Waals surface area (Å²) >= 11 is 2.56. The fraction of sp³-hybridized carbons (Fsp3) is 1.00. The molecule has 92 valence electrons. The third-order valence-electron chi connectivity index (χ3n) is 2.90. The molecule has 0 aliphatic heterocycles. The average molecular weight is 328 g/mol. The van der Waals surface area contributed by atoms with Crippen molar-refractivity contribution < 1.29 is 9.59 Å². The normalized spacial score (nSPS) is 16.4.